The minimum Gasteiger partial charge on any atom is -0.492 e. The average Bonchev–Trinajstić information content (AvgIpc) is 2.67. The number of ether oxygens (including phenoxy) is 1. The van der Waals surface area contributed by atoms with Gasteiger partial charge in [-0.1, -0.05) is 70.2 Å². The van der Waals surface area contributed by atoms with Gasteiger partial charge in [0.2, 0.25) is 0 Å². The molecule has 0 spiro atoms. The second-order valence-corrected chi connectivity index (χ2v) is 6.51. The van der Waals surface area contributed by atoms with Gasteiger partial charge in [-0.2, -0.15) is 0 Å². The zero-order chi connectivity index (χ0) is 17.9. The summed E-state index contributed by atoms with van der Waals surface area (Å²) in [5.41, 5.74) is 2.78. The summed E-state index contributed by atoms with van der Waals surface area (Å²) in [7, 11) is 0. The van der Waals surface area contributed by atoms with Crippen LogP contribution in [-0.4, -0.2) is 16.7 Å². The highest BCUT2D eigenvalue weighted by Crippen LogP contribution is 2.29. The van der Waals surface area contributed by atoms with E-state index in [1.54, 1.807) is 6.20 Å². The monoisotopic (exact) mass is 341 g/mol. The second kappa shape index (κ2) is 10.9. The van der Waals surface area contributed by atoms with Gasteiger partial charge < -0.3 is 9.84 Å². The number of aliphatic hydroxyl groups is 1. The Morgan fingerprint density at radius 1 is 0.960 bits per heavy atom. The van der Waals surface area contributed by atoms with E-state index in [0.717, 1.165) is 35.6 Å². The van der Waals surface area contributed by atoms with Crippen molar-refractivity contribution in [2.24, 2.45) is 0 Å². The van der Waals surface area contributed by atoms with Crippen molar-refractivity contribution in [3.05, 3.63) is 48.2 Å². The Balaban J connectivity index is 1.88. The van der Waals surface area contributed by atoms with E-state index in [2.05, 4.69) is 11.9 Å². The van der Waals surface area contributed by atoms with Gasteiger partial charge in [-0.3, -0.25) is 4.98 Å². The van der Waals surface area contributed by atoms with Gasteiger partial charge in [0, 0.05) is 5.56 Å². The predicted molar refractivity (Wildman–Crippen MR) is 104 cm³/mol. The van der Waals surface area contributed by atoms with Crippen molar-refractivity contribution in [2.75, 3.05) is 6.61 Å². The summed E-state index contributed by atoms with van der Waals surface area (Å²) in [4.78, 5) is 4.53. The average molecular weight is 341 g/mol. The molecule has 2 rings (SSSR count). The van der Waals surface area contributed by atoms with E-state index in [4.69, 9.17) is 4.74 Å². The summed E-state index contributed by atoms with van der Waals surface area (Å²) >= 11 is 0. The molecule has 0 radical (unpaired) electrons. The number of rotatable bonds is 11. The topological polar surface area (TPSA) is 42.4 Å². The van der Waals surface area contributed by atoms with E-state index in [0.29, 0.717) is 6.42 Å². The first-order chi connectivity index (χ1) is 12.3. The summed E-state index contributed by atoms with van der Waals surface area (Å²) in [6.07, 6.45) is 9.58. The lowest BCUT2D eigenvalue weighted by Gasteiger charge is -2.14. The summed E-state index contributed by atoms with van der Waals surface area (Å²) in [5, 5.41) is 10.2. The van der Waals surface area contributed by atoms with Crippen LogP contribution in [0.5, 0.6) is 5.75 Å². The van der Waals surface area contributed by atoms with Crippen molar-refractivity contribution in [2.45, 2.75) is 64.9 Å². The fraction of sp³-hybridized carbons (Fsp3) is 0.500. The zero-order valence-electron chi connectivity index (χ0n) is 15.6. The summed E-state index contributed by atoms with van der Waals surface area (Å²) in [6.45, 7) is 4.97. The minimum atomic E-state index is -0.457. The van der Waals surface area contributed by atoms with Crippen LogP contribution in [0.1, 0.15) is 70.5 Å². The third-order valence-corrected chi connectivity index (χ3v) is 4.49. The van der Waals surface area contributed by atoms with Crippen LogP contribution in [0.4, 0.5) is 0 Å². The molecule has 1 N–H and O–H groups in total. The van der Waals surface area contributed by atoms with Crippen LogP contribution in [0.25, 0.3) is 11.3 Å². The molecule has 0 saturated heterocycles. The molecule has 0 aliphatic carbocycles. The predicted octanol–water partition coefficient (Wildman–Crippen LogP) is 5.93. The lowest BCUT2D eigenvalue weighted by molar-refractivity contribution is 0.174. The third kappa shape index (κ3) is 6.17. The van der Waals surface area contributed by atoms with Crippen LogP contribution in [0.15, 0.2) is 42.6 Å². The number of pyridine rings is 1. The second-order valence-electron chi connectivity index (χ2n) is 6.51. The van der Waals surface area contributed by atoms with Crippen LogP contribution < -0.4 is 4.74 Å². The van der Waals surface area contributed by atoms with Crippen molar-refractivity contribution < 1.29 is 9.84 Å². The van der Waals surface area contributed by atoms with Crippen molar-refractivity contribution in [1.82, 2.24) is 4.98 Å². The molecule has 3 nitrogen and oxygen atoms in total. The lowest BCUT2D eigenvalue weighted by atomic mass is 9.98. The van der Waals surface area contributed by atoms with Gasteiger partial charge in [0.1, 0.15) is 5.75 Å². The molecule has 2 aromatic rings. The van der Waals surface area contributed by atoms with Gasteiger partial charge in [0.05, 0.1) is 24.6 Å². The Labute approximate surface area is 152 Å². The molecule has 1 aromatic heterocycles. The van der Waals surface area contributed by atoms with Crippen LogP contribution >= 0.6 is 0 Å². The Bertz CT molecular complexity index is 610. The highest BCUT2D eigenvalue weighted by atomic mass is 16.5. The molecule has 0 saturated carbocycles. The molecule has 1 unspecified atom stereocenters. The third-order valence-electron chi connectivity index (χ3n) is 4.49. The lowest BCUT2D eigenvalue weighted by Crippen LogP contribution is -2.00. The molecule has 1 atom stereocenters. The van der Waals surface area contributed by atoms with Gasteiger partial charge in [-0.25, -0.2) is 0 Å². The number of hydrogen-bond acceptors (Lipinski definition) is 3. The van der Waals surface area contributed by atoms with Crippen molar-refractivity contribution in [3.63, 3.8) is 0 Å². The summed E-state index contributed by atoms with van der Waals surface area (Å²) < 4.78 is 5.79. The Morgan fingerprint density at radius 3 is 2.44 bits per heavy atom. The maximum Gasteiger partial charge on any atom is 0.137 e. The van der Waals surface area contributed by atoms with Crippen LogP contribution in [-0.2, 0) is 0 Å². The number of unbranched alkanes of at least 4 members (excludes halogenated alkanes) is 5. The molecular formula is C22H31NO2. The maximum atomic E-state index is 10.2. The molecule has 0 aliphatic rings. The fourth-order valence-electron chi connectivity index (χ4n) is 2.94. The largest absolute Gasteiger partial charge is 0.492 e. The molecule has 136 valence electrons. The Morgan fingerprint density at radius 2 is 1.72 bits per heavy atom. The van der Waals surface area contributed by atoms with E-state index >= 15 is 0 Å². The SMILES string of the molecule is CCCCCCCCOc1ccc(-c2ccccc2C(O)CC)nc1. The Hall–Kier alpha value is -1.87. The maximum absolute atomic E-state index is 10.2. The summed E-state index contributed by atoms with van der Waals surface area (Å²) in [6, 6.07) is 11.8. The number of nitrogens with zero attached hydrogens (tertiary/aromatic N) is 1. The summed E-state index contributed by atoms with van der Waals surface area (Å²) in [5.74, 6) is 0.811. The normalized spacial score (nSPS) is 12.1. The van der Waals surface area contributed by atoms with Gasteiger partial charge in [-0.15, -0.1) is 0 Å². The van der Waals surface area contributed by atoms with E-state index in [1.165, 1.54) is 32.1 Å². The van der Waals surface area contributed by atoms with Crippen molar-refractivity contribution >= 4 is 0 Å². The number of aliphatic hydroxyl groups excluding tert-OH is 1. The molecule has 25 heavy (non-hydrogen) atoms. The first kappa shape index (κ1) is 19.5. The number of aromatic nitrogens is 1. The first-order valence-electron chi connectivity index (χ1n) is 9.62. The molecular weight excluding hydrogens is 310 g/mol. The van der Waals surface area contributed by atoms with E-state index in [9.17, 15) is 5.11 Å². The number of hydrogen-bond donors (Lipinski definition) is 1. The standard InChI is InChI=1S/C22H31NO2/c1-3-5-6-7-8-11-16-25-18-14-15-21(23-17-18)19-12-9-10-13-20(19)22(24)4-2/h9-10,12-15,17,22,24H,3-8,11,16H2,1-2H3. The molecule has 0 aliphatic heterocycles. The zero-order valence-corrected chi connectivity index (χ0v) is 15.6. The van der Waals surface area contributed by atoms with E-state index in [1.807, 2.05) is 43.3 Å². The quantitative estimate of drug-likeness (QED) is 0.515. The molecule has 1 heterocycles. The van der Waals surface area contributed by atoms with Gasteiger partial charge >= 0.3 is 0 Å². The minimum absolute atomic E-state index is 0.457. The van der Waals surface area contributed by atoms with Crippen LogP contribution in [0, 0.1) is 0 Å². The number of benzene rings is 1. The highest BCUT2D eigenvalue weighted by molar-refractivity contribution is 5.64. The molecule has 0 bridgehead atoms. The van der Waals surface area contributed by atoms with Crippen LogP contribution in [0.3, 0.4) is 0 Å². The first-order valence-corrected chi connectivity index (χ1v) is 9.62. The van der Waals surface area contributed by atoms with Gasteiger partial charge in [0.25, 0.3) is 0 Å². The molecule has 0 fully saturated rings. The molecule has 1 aromatic carbocycles. The van der Waals surface area contributed by atoms with Crippen LogP contribution in [0.2, 0.25) is 0 Å². The van der Waals surface area contributed by atoms with E-state index in [-0.39, 0.29) is 0 Å². The molecule has 3 heteroatoms. The van der Waals surface area contributed by atoms with Gasteiger partial charge in [-0.05, 0) is 30.5 Å². The fourth-order valence-corrected chi connectivity index (χ4v) is 2.94. The van der Waals surface area contributed by atoms with Gasteiger partial charge in [0.15, 0.2) is 0 Å². The smallest absolute Gasteiger partial charge is 0.137 e. The van der Waals surface area contributed by atoms with Crippen molar-refractivity contribution in [1.29, 1.82) is 0 Å². The van der Waals surface area contributed by atoms with E-state index < -0.39 is 6.10 Å². The Kier molecular flexibility index (Phi) is 8.47. The van der Waals surface area contributed by atoms with Crippen molar-refractivity contribution in [3.8, 4) is 17.0 Å². The molecule has 0 amide bonds. The highest BCUT2D eigenvalue weighted by Gasteiger charge is 2.12.